The molecule has 0 saturated heterocycles. The Morgan fingerprint density at radius 2 is 2.39 bits per heavy atom. The van der Waals surface area contributed by atoms with Crippen LogP contribution in [0.5, 0.6) is 5.88 Å². The fourth-order valence-corrected chi connectivity index (χ4v) is 1.39. The van der Waals surface area contributed by atoms with Gasteiger partial charge in [0.2, 0.25) is 11.8 Å². The van der Waals surface area contributed by atoms with Gasteiger partial charge in [0.1, 0.15) is 5.69 Å². The number of aromatic hydroxyl groups is 1. The molecule has 0 aliphatic rings. The molecule has 0 saturated carbocycles. The Bertz CT molecular complexity index is 583. The molecule has 0 aliphatic heterocycles. The molecule has 0 fully saturated rings. The molecule has 0 atom stereocenters. The van der Waals surface area contributed by atoms with Crippen molar-refractivity contribution in [2.75, 3.05) is 6.61 Å². The maximum atomic E-state index is 13.4. The molecule has 18 heavy (non-hydrogen) atoms. The van der Waals surface area contributed by atoms with Gasteiger partial charge >= 0.3 is 5.97 Å². The van der Waals surface area contributed by atoms with Gasteiger partial charge in [-0.3, -0.25) is 0 Å². The van der Waals surface area contributed by atoms with Crippen LogP contribution in [0.4, 0.5) is 4.39 Å². The highest BCUT2D eigenvalue weighted by molar-refractivity contribution is 5.87. The SMILES string of the molecule is CCOC(=O)c1cc(O)n(-c2cccnc2F)n1. The van der Waals surface area contributed by atoms with Crippen LogP contribution in [-0.2, 0) is 4.74 Å². The number of esters is 1. The summed E-state index contributed by atoms with van der Waals surface area (Å²) in [6, 6.07) is 3.97. The zero-order valence-electron chi connectivity index (χ0n) is 9.50. The van der Waals surface area contributed by atoms with Crippen molar-refractivity contribution in [1.29, 1.82) is 0 Å². The van der Waals surface area contributed by atoms with Gasteiger partial charge in [-0.15, -0.1) is 0 Å². The predicted octanol–water partition coefficient (Wildman–Crippen LogP) is 1.29. The molecule has 0 radical (unpaired) electrons. The van der Waals surface area contributed by atoms with E-state index >= 15 is 0 Å². The molecule has 1 N–H and O–H groups in total. The third-order valence-corrected chi connectivity index (χ3v) is 2.14. The fraction of sp³-hybridized carbons (Fsp3) is 0.182. The van der Waals surface area contributed by atoms with Crippen LogP contribution < -0.4 is 0 Å². The van der Waals surface area contributed by atoms with Crippen molar-refractivity contribution in [3.63, 3.8) is 0 Å². The maximum Gasteiger partial charge on any atom is 0.358 e. The minimum Gasteiger partial charge on any atom is -0.493 e. The first-order chi connectivity index (χ1) is 8.63. The minimum absolute atomic E-state index is 0.0504. The number of carbonyl (C=O) groups excluding carboxylic acids is 1. The summed E-state index contributed by atoms with van der Waals surface area (Å²) < 4.78 is 19.0. The maximum absolute atomic E-state index is 13.4. The van der Waals surface area contributed by atoms with Crippen LogP contribution in [0.25, 0.3) is 5.69 Å². The van der Waals surface area contributed by atoms with Gasteiger partial charge < -0.3 is 9.84 Å². The number of carbonyl (C=O) groups is 1. The Kier molecular flexibility index (Phi) is 3.22. The van der Waals surface area contributed by atoms with Gasteiger partial charge in [-0.05, 0) is 19.1 Å². The molecular formula is C11H10FN3O3. The average molecular weight is 251 g/mol. The summed E-state index contributed by atoms with van der Waals surface area (Å²) >= 11 is 0. The Morgan fingerprint density at radius 1 is 1.61 bits per heavy atom. The summed E-state index contributed by atoms with van der Waals surface area (Å²) in [5.74, 6) is -1.85. The molecule has 94 valence electrons. The summed E-state index contributed by atoms with van der Waals surface area (Å²) in [6.07, 6.45) is 1.27. The number of halogens is 1. The van der Waals surface area contributed by atoms with Crippen molar-refractivity contribution in [1.82, 2.24) is 14.8 Å². The monoisotopic (exact) mass is 251 g/mol. The van der Waals surface area contributed by atoms with Crippen LogP contribution in [0.15, 0.2) is 24.4 Å². The second-order valence-electron chi connectivity index (χ2n) is 3.33. The van der Waals surface area contributed by atoms with Crippen molar-refractivity contribution in [2.45, 2.75) is 6.92 Å². The van der Waals surface area contributed by atoms with Crippen LogP contribution in [0, 0.1) is 5.95 Å². The van der Waals surface area contributed by atoms with Gasteiger partial charge in [-0.2, -0.15) is 14.2 Å². The third-order valence-electron chi connectivity index (χ3n) is 2.14. The Balaban J connectivity index is 2.42. The second-order valence-corrected chi connectivity index (χ2v) is 3.33. The smallest absolute Gasteiger partial charge is 0.358 e. The van der Waals surface area contributed by atoms with E-state index in [-0.39, 0.29) is 23.9 Å². The molecule has 6 nitrogen and oxygen atoms in total. The largest absolute Gasteiger partial charge is 0.493 e. The predicted molar refractivity (Wildman–Crippen MR) is 58.9 cm³/mol. The van der Waals surface area contributed by atoms with E-state index in [0.29, 0.717) is 0 Å². The molecule has 0 aromatic carbocycles. The lowest BCUT2D eigenvalue weighted by atomic mass is 10.4. The molecule has 2 aromatic heterocycles. The van der Waals surface area contributed by atoms with E-state index in [0.717, 1.165) is 10.7 Å². The van der Waals surface area contributed by atoms with E-state index in [1.807, 2.05) is 0 Å². The molecule has 0 amide bonds. The summed E-state index contributed by atoms with van der Waals surface area (Å²) in [7, 11) is 0. The van der Waals surface area contributed by atoms with Crippen LogP contribution in [0.1, 0.15) is 17.4 Å². The third kappa shape index (κ3) is 2.15. The molecule has 2 rings (SSSR count). The summed E-state index contributed by atoms with van der Waals surface area (Å²) in [6.45, 7) is 1.84. The van der Waals surface area contributed by atoms with E-state index in [9.17, 15) is 14.3 Å². The Hall–Kier alpha value is -2.44. The number of aromatic nitrogens is 3. The zero-order valence-corrected chi connectivity index (χ0v) is 9.50. The summed E-state index contributed by atoms with van der Waals surface area (Å²) in [5.41, 5.74) is -0.150. The standard InChI is InChI=1S/C11H10FN3O3/c1-2-18-11(17)7-6-9(16)15(14-7)8-4-3-5-13-10(8)12/h3-6,16H,2H2,1H3. The average Bonchev–Trinajstić information content (AvgIpc) is 2.72. The quantitative estimate of drug-likeness (QED) is 0.657. The van der Waals surface area contributed by atoms with Gasteiger partial charge in [0.25, 0.3) is 0 Å². The van der Waals surface area contributed by atoms with Crippen molar-refractivity contribution in [3.8, 4) is 11.6 Å². The molecule has 0 spiro atoms. The number of hydrogen-bond acceptors (Lipinski definition) is 5. The zero-order chi connectivity index (χ0) is 13.1. The molecule has 0 bridgehead atoms. The number of hydrogen-bond donors (Lipinski definition) is 1. The molecule has 0 aliphatic carbocycles. The molecule has 7 heteroatoms. The number of nitrogens with zero attached hydrogens (tertiary/aromatic N) is 3. The van der Waals surface area contributed by atoms with Gasteiger partial charge in [0.05, 0.1) is 6.61 Å². The van der Waals surface area contributed by atoms with Crippen molar-refractivity contribution < 1.29 is 19.0 Å². The normalized spacial score (nSPS) is 10.3. The van der Waals surface area contributed by atoms with Crippen molar-refractivity contribution in [3.05, 3.63) is 36.0 Å². The lowest BCUT2D eigenvalue weighted by molar-refractivity contribution is 0.0519. The van der Waals surface area contributed by atoms with Crippen LogP contribution >= 0.6 is 0 Å². The van der Waals surface area contributed by atoms with E-state index < -0.39 is 11.9 Å². The first kappa shape index (κ1) is 12.0. The van der Waals surface area contributed by atoms with Gasteiger partial charge in [-0.1, -0.05) is 0 Å². The lowest BCUT2D eigenvalue weighted by Crippen LogP contribution is -2.07. The Labute approximate surface area is 102 Å². The van der Waals surface area contributed by atoms with Crippen LogP contribution in [0.2, 0.25) is 0 Å². The minimum atomic E-state index is -0.800. The number of rotatable bonds is 3. The first-order valence-corrected chi connectivity index (χ1v) is 5.20. The van der Waals surface area contributed by atoms with Gasteiger partial charge in [0, 0.05) is 12.3 Å². The van der Waals surface area contributed by atoms with Crippen LogP contribution in [0.3, 0.4) is 0 Å². The van der Waals surface area contributed by atoms with Crippen molar-refractivity contribution >= 4 is 5.97 Å². The van der Waals surface area contributed by atoms with E-state index in [1.165, 1.54) is 18.3 Å². The molecular weight excluding hydrogens is 241 g/mol. The number of pyridine rings is 1. The first-order valence-electron chi connectivity index (χ1n) is 5.20. The highest BCUT2D eigenvalue weighted by atomic mass is 19.1. The van der Waals surface area contributed by atoms with E-state index in [4.69, 9.17) is 4.74 Å². The lowest BCUT2D eigenvalue weighted by Gasteiger charge is -2.02. The highest BCUT2D eigenvalue weighted by Crippen LogP contribution is 2.19. The number of ether oxygens (including phenoxy) is 1. The summed E-state index contributed by atoms with van der Waals surface area (Å²) in [4.78, 5) is 14.8. The highest BCUT2D eigenvalue weighted by Gasteiger charge is 2.17. The molecule has 2 heterocycles. The van der Waals surface area contributed by atoms with Crippen molar-refractivity contribution in [2.24, 2.45) is 0 Å². The fourth-order valence-electron chi connectivity index (χ4n) is 1.39. The second kappa shape index (κ2) is 4.82. The molecule has 2 aromatic rings. The molecule has 0 unspecified atom stereocenters. The Morgan fingerprint density at radius 3 is 3.06 bits per heavy atom. The van der Waals surface area contributed by atoms with Crippen LogP contribution in [-0.4, -0.2) is 32.4 Å². The summed E-state index contributed by atoms with van der Waals surface area (Å²) in [5, 5.41) is 13.4. The van der Waals surface area contributed by atoms with E-state index in [2.05, 4.69) is 10.1 Å². The topological polar surface area (TPSA) is 77.2 Å². The van der Waals surface area contributed by atoms with Gasteiger partial charge in [-0.25, -0.2) is 9.78 Å². The van der Waals surface area contributed by atoms with Gasteiger partial charge in [0.15, 0.2) is 5.69 Å². The van der Waals surface area contributed by atoms with E-state index in [1.54, 1.807) is 6.92 Å².